The topological polar surface area (TPSA) is 47.0 Å². The highest BCUT2D eigenvalue weighted by molar-refractivity contribution is 7.91. The summed E-state index contributed by atoms with van der Waals surface area (Å²) >= 11 is 2.90. The maximum atomic E-state index is 11.5. The molecule has 2 heterocycles. The van der Waals surface area contributed by atoms with Gasteiger partial charge in [0.1, 0.15) is 5.01 Å². The third-order valence-corrected chi connectivity index (χ3v) is 4.96. The lowest BCUT2D eigenvalue weighted by Gasteiger charge is -1.99. The maximum Gasteiger partial charge on any atom is 0.177 e. The van der Waals surface area contributed by atoms with Crippen LogP contribution in [0.2, 0.25) is 0 Å². The first-order chi connectivity index (χ1) is 7.00. The predicted molar refractivity (Wildman–Crippen MR) is 63.3 cm³/mol. The van der Waals surface area contributed by atoms with Crippen LogP contribution in [0.25, 0.3) is 10.6 Å². The molecule has 6 heteroatoms. The first-order valence-electron chi connectivity index (χ1n) is 4.18. The zero-order valence-corrected chi connectivity index (χ0v) is 10.7. The largest absolute Gasteiger partial charge is 0.244 e. The summed E-state index contributed by atoms with van der Waals surface area (Å²) in [7, 11) is -3.16. The molecule has 0 aromatic carbocycles. The first kappa shape index (κ1) is 10.8. The van der Waals surface area contributed by atoms with Gasteiger partial charge in [0.2, 0.25) is 0 Å². The van der Waals surface area contributed by atoms with Crippen molar-refractivity contribution in [1.82, 2.24) is 4.98 Å². The number of aryl methyl sites for hydroxylation is 1. The number of sulfone groups is 1. The zero-order chi connectivity index (χ0) is 11.1. The van der Waals surface area contributed by atoms with E-state index in [0.717, 1.165) is 15.4 Å². The van der Waals surface area contributed by atoms with Gasteiger partial charge >= 0.3 is 0 Å². The van der Waals surface area contributed by atoms with E-state index in [4.69, 9.17) is 0 Å². The lowest BCUT2D eigenvalue weighted by atomic mass is 10.3. The van der Waals surface area contributed by atoms with E-state index >= 15 is 0 Å². The number of nitrogens with zero attached hydrogens (tertiary/aromatic N) is 1. The highest BCUT2D eigenvalue weighted by Crippen LogP contribution is 2.36. The van der Waals surface area contributed by atoms with Crippen molar-refractivity contribution in [2.75, 3.05) is 6.26 Å². The van der Waals surface area contributed by atoms with Crippen LogP contribution in [0.5, 0.6) is 0 Å². The molecule has 0 N–H and O–H groups in total. The van der Waals surface area contributed by atoms with Crippen molar-refractivity contribution in [2.24, 2.45) is 0 Å². The van der Waals surface area contributed by atoms with Crippen LogP contribution in [0.1, 0.15) is 4.88 Å². The number of thiophene rings is 1. The summed E-state index contributed by atoms with van der Waals surface area (Å²) in [5.74, 6) is 0. The molecule has 15 heavy (non-hydrogen) atoms. The molecule has 0 saturated carbocycles. The predicted octanol–water partition coefficient (Wildman–Crippen LogP) is 2.58. The van der Waals surface area contributed by atoms with Crippen molar-refractivity contribution in [1.29, 1.82) is 0 Å². The van der Waals surface area contributed by atoms with E-state index in [9.17, 15) is 8.42 Å². The number of thiazole rings is 1. The first-order valence-corrected chi connectivity index (χ1v) is 7.83. The SMILES string of the molecule is Cc1scc(S(C)(=O)=O)c1-c1nccs1. The summed E-state index contributed by atoms with van der Waals surface area (Å²) in [6.45, 7) is 1.91. The standard InChI is InChI=1S/C9H9NO2S3/c1-6-8(9-10-3-4-13-9)7(5-14-6)15(2,11)12/h3-5H,1-2H3. The van der Waals surface area contributed by atoms with E-state index in [1.807, 2.05) is 12.3 Å². The average Bonchev–Trinajstić information content (AvgIpc) is 2.69. The molecule has 0 unspecified atom stereocenters. The monoisotopic (exact) mass is 259 g/mol. The fourth-order valence-corrected chi connectivity index (χ4v) is 4.45. The minimum Gasteiger partial charge on any atom is -0.244 e. The summed E-state index contributed by atoms with van der Waals surface area (Å²) < 4.78 is 23.1. The molecule has 80 valence electrons. The number of hydrogen-bond donors (Lipinski definition) is 0. The third-order valence-electron chi connectivity index (χ3n) is 1.99. The van der Waals surface area contributed by atoms with Gasteiger partial charge in [-0.05, 0) is 6.92 Å². The van der Waals surface area contributed by atoms with E-state index in [1.54, 1.807) is 11.6 Å². The molecule has 0 amide bonds. The van der Waals surface area contributed by atoms with Gasteiger partial charge in [0.25, 0.3) is 0 Å². The Morgan fingerprint density at radius 3 is 2.60 bits per heavy atom. The second-order valence-electron chi connectivity index (χ2n) is 3.14. The summed E-state index contributed by atoms with van der Waals surface area (Å²) in [5, 5.41) is 4.30. The second kappa shape index (κ2) is 3.70. The smallest absolute Gasteiger partial charge is 0.177 e. The Hall–Kier alpha value is -0.720. The van der Waals surface area contributed by atoms with Gasteiger partial charge in [-0.15, -0.1) is 22.7 Å². The molecule has 0 saturated heterocycles. The van der Waals surface area contributed by atoms with Gasteiger partial charge in [-0.1, -0.05) is 0 Å². The van der Waals surface area contributed by atoms with Gasteiger partial charge in [-0.3, -0.25) is 0 Å². The van der Waals surface area contributed by atoms with Crippen LogP contribution in [0.4, 0.5) is 0 Å². The number of hydrogen-bond acceptors (Lipinski definition) is 5. The number of aromatic nitrogens is 1. The summed E-state index contributed by atoms with van der Waals surface area (Å²) in [4.78, 5) is 5.53. The molecule has 0 aliphatic rings. The molecule has 2 rings (SSSR count). The van der Waals surface area contributed by atoms with Gasteiger partial charge < -0.3 is 0 Å². The van der Waals surface area contributed by atoms with Crippen LogP contribution in [0.15, 0.2) is 21.9 Å². The van der Waals surface area contributed by atoms with Crippen molar-refractivity contribution >= 4 is 32.5 Å². The Kier molecular flexibility index (Phi) is 2.66. The van der Waals surface area contributed by atoms with Crippen molar-refractivity contribution < 1.29 is 8.42 Å². The van der Waals surface area contributed by atoms with Gasteiger partial charge in [0.05, 0.1) is 4.90 Å². The Morgan fingerprint density at radius 2 is 2.07 bits per heavy atom. The lowest BCUT2D eigenvalue weighted by molar-refractivity contribution is 0.602. The highest BCUT2D eigenvalue weighted by Gasteiger charge is 2.20. The van der Waals surface area contributed by atoms with Gasteiger partial charge in [-0.2, -0.15) is 0 Å². The quantitative estimate of drug-likeness (QED) is 0.832. The normalized spacial score (nSPS) is 11.9. The Labute approximate surface area is 96.3 Å². The summed E-state index contributed by atoms with van der Waals surface area (Å²) in [6, 6.07) is 0. The van der Waals surface area contributed by atoms with Crippen molar-refractivity contribution in [2.45, 2.75) is 11.8 Å². The lowest BCUT2D eigenvalue weighted by Crippen LogP contribution is -1.97. The zero-order valence-electron chi connectivity index (χ0n) is 8.22. The molecule has 0 atom stereocenters. The van der Waals surface area contributed by atoms with Crippen molar-refractivity contribution in [3.63, 3.8) is 0 Å². The summed E-state index contributed by atoms with van der Waals surface area (Å²) in [5.41, 5.74) is 0.762. The van der Waals surface area contributed by atoms with E-state index < -0.39 is 9.84 Å². The molecular formula is C9H9NO2S3. The fourth-order valence-electron chi connectivity index (χ4n) is 1.31. The van der Waals surface area contributed by atoms with Crippen molar-refractivity contribution in [3.05, 3.63) is 21.8 Å². The maximum absolute atomic E-state index is 11.5. The van der Waals surface area contributed by atoms with Crippen molar-refractivity contribution in [3.8, 4) is 10.6 Å². The van der Waals surface area contributed by atoms with Gasteiger partial charge in [-0.25, -0.2) is 13.4 Å². The minimum absolute atomic E-state index is 0.389. The molecule has 0 fully saturated rings. The second-order valence-corrected chi connectivity index (χ2v) is 7.10. The highest BCUT2D eigenvalue weighted by atomic mass is 32.2. The van der Waals surface area contributed by atoms with E-state index in [0.29, 0.717) is 4.90 Å². The Morgan fingerprint density at radius 1 is 1.33 bits per heavy atom. The van der Waals surface area contributed by atoms with Crippen LogP contribution in [-0.2, 0) is 9.84 Å². The molecule has 0 aliphatic heterocycles. The third kappa shape index (κ3) is 1.97. The van der Waals surface area contributed by atoms with Crippen LogP contribution < -0.4 is 0 Å². The summed E-state index contributed by atoms with van der Waals surface area (Å²) in [6.07, 6.45) is 2.91. The number of rotatable bonds is 2. The van der Waals surface area contributed by atoms with E-state index in [2.05, 4.69) is 4.98 Å². The van der Waals surface area contributed by atoms with Crippen LogP contribution >= 0.6 is 22.7 Å². The van der Waals surface area contributed by atoms with Crippen LogP contribution in [0.3, 0.4) is 0 Å². The molecule has 0 bridgehead atoms. The van der Waals surface area contributed by atoms with Gasteiger partial charge in [0, 0.05) is 33.7 Å². The van der Waals surface area contributed by atoms with Gasteiger partial charge in [0.15, 0.2) is 9.84 Å². The molecule has 0 spiro atoms. The fraction of sp³-hybridized carbons (Fsp3) is 0.222. The van der Waals surface area contributed by atoms with E-state index in [1.165, 1.54) is 28.9 Å². The van der Waals surface area contributed by atoms with Crippen LogP contribution in [-0.4, -0.2) is 19.7 Å². The molecule has 2 aromatic heterocycles. The van der Waals surface area contributed by atoms with Crippen LogP contribution in [0, 0.1) is 6.92 Å². The molecule has 2 aromatic rings. The Bertz CT molecular complexity index is 567. The molecular weight excluding hydrogens is 250 g/mol. The van der Waals surface area contributed by atoms with E-state index in [-0.39, 0.29) is 0 Å². The average molecular weight is 259 g/mol. The minimum atomic E-state index is -3.16. The molecule has 0 radical (unpaired) electrons. The Balaban J connectivity index is 2.71. The molecule has 0 aliphatic carbocycles. The molecule has 3 nitrogen and oxygen atoms in total.